The molecule has 2 N–H and O–H groups in total. The van der Waals surface area contributed by atoms with Crippen molar-refractivity contribution in [2.24, 2.45) is 11.8 Å². The fourth-order valence-corrected chi connectivity index (χ4v) is 3.44. The molecule has 1 saturated carbocycles. The Morgan fingerprint density at radius 2 is 1.57 bits per heavy atom. The van der Waals surface area contributed by atoms with E-state index in [0.717, 1.165) is 5.56 Å². The molecule has 0 radical (unpaired) electrons. The maximum absolute atomic E-state index is 12.3. The lowest BCUT2D eigenvalue weighted by atomic mass is 9.81. The fraction of sp³-hybridized carbons (Fsp3) is 0.364. The Morgan fingerprint density at radius 3 is 2.18 bits per heavy atom. The summed E-state index contributed by atoms with van der Waals surface area (Å²) in [5.41, 5.74) is 0.972. The first-order chi connectivity index (χ1) is 13.6. The van der Waals surface area contributed by atoms with Crippen LogP contribution in [0.5, 0.6) is 17.2 Å². The summed E-state index contributed by atoms with van der Waals surface area (Å²) in [4.78, 5) is 23.3. The molecule has 148 valence electrons. The van der Waals surface area contributed by atoms with Gasteiger partial charge in [-0.2, -0.15) is 0 Å². The minimum absolute atomic E-state index is 0.00168. The Morgan fingerprint density at radius 1 is 0.964 bits per heavy atom. The molecule has 3 rings (SSSR count). The van der Waals surface area contributed by atoms with E-state index in [4.69, 9.17) is 14.6 Å². The summed E-state index contributed by atoms with van der Waals surface area (Å²) in [6.07, 6.45) is 2.41. The van der Waals surface area contributed by atoms with Gasteiger partial charge in [0.1, 0.15) is 5.75 Å². The third-order valence-corrected chi connectivity index (χ3v) is 5.13. The minimum atomic E-state index is -0.755. The number of benzene rings is 2. The zero-order valence-corrected chi connectivity index (χ0v) is 15.9. The Hall–Kier alpha value is -3.02. The summed E-state index contributed by atoms with van der Waals surface area (Å²) in [6, 6.07) is 15.0. The number of carbonyl (C=O) groups is 2. The number of methoxy groups -OCH3 is 1. The van der Waals surface area contributed by atoms with Crippen LogP contribution in [0.15, 0.2) is 48.5 Å². The van der Waals surface area contributed by atoms with Crippen LogP contribution >= 0.6 is 0 Å². The minimum Gasteiger partial charge on any atom is -0.493 e. The molecule has 1 amide bonds. The smallest absolute Gasteiger partial charge is 0.306 e. The Balaban J connectivity index is 1.49. The van der Waals surface area contributed by atoms with E-state index in [2.05, 4.69) is 5.32 Å². The van der Waals surface area contributed by atoms with Crippen molar-refractivity contribution in [1.82, 2.24) is 5.32 Å². The van der Waals surface area contributed by atoms with Crippen LogP contribution in [0.1, 0.15) is 31.2 Å². The zero-order chi connectivity index (χ0) is 19.9. The molecule has 0 atom stereocenters. The number of carboxylic acid groups (broad SMARTS) is 1. The van der Waals surface area contributed by atoms with E-state index < -0.39 is 5.97 Å². The highest BCUT2D eigenvalue weighted by Gasteiger charge is 2.29. The quantitative estimate of drug-likeness (QED) is 0.755. The molecule has 6 heteroatoms. The maximum Gasteiger partial charge on any atom is 0.306 e. The predicted molar refractivity (Wildman–Crippen MR) is 104 cm³/mol. The van der Waals surface area contributed by atoms with Crippen molar-refractivity contribution in [2.75, 3.05) is 7.11 Å². The third-order valence-electron chi connectivity index (χ3n) is 5.13. The van der Waals surface area contributed by atoms with Gasteiger partial charge in [-0.1, -0.05) is 24.3 Å². The monoisotopic (exact) mass is 383 g/mol. The van der Waals surface area contributed by atoms with E-state index in [1.54, 1.807) is 7.11 Å². The first kappa shape index (κ1) is 19.7. The van der Waals surface area contributed by atoms with Crippen LogP contribution in [-0.2, 0) is 16.1 Å². The number of carbonyl (C=O) groups excluding carboxylic acids is 1. The van der Waals surface area contributed by atoms with Crippen molar-refractivity contribution in [3.05, 3.63) is 54.1 Å². The summed E-state index contributed by atoms with van der Waals surface area (Å²) in [7, 11) is 1.60. The Kier molecular flexibility index (Phi) is 6.53. The number of rotatable bonds is 7. The number of aliphatic carboxylic acids is 1. The van der Waals surface area contributed by atoms with Gasteiger partial charge in [0.2, 0.25) is 5.91 Å². The van der Waals surface area contributed by atoms with Crippen molar-refractivity contribution in [3.8, 4) is 17.2 Å². The molecule has 1 aliphatic rings. The average molecular weight is 383 g/mol. The number of amides is 1. The molecule has 2 aromatic carbocycles. The molecule has 1 aliphatic carbocycles. The van der Waals surface area contributed by atoms with E-state index in [0.29, 0.717) is 49.5 Å². The second kappa shape index (κ2) is 9.26. The van der Waals surface area contributed by atoms with Gasteiger partial charge in [0.05, 0.1) is 13.0 Å². The number of carboxylic acids is 1. The number of hydrogen-bond donors (Lipinski definition) is 2. The highest BCUT2D eigenvalue weighted by Crippen LogP contribution is 2.31. The van der Waals surface area contributed by atoms with Crippen LogP contribution in [0.4, 0.5) is 0 Å². The van der Waals surface area contributed by atoms with Crippen LogP contribution in [0.2, 0.25) is 0 Å². The van der Waals surface area contributed by atoms with Crippen molar-refractivity contribution in [3.63, 3.8) is 0 Å². The summed E-state index contributed by atoms with van der Waals surface area (Å²) in [6.45, 7) is 0.437. The molecule has 2 aromatic rings. The summed E-state index contributed by atoms with van der Waals surface area (Å²) < 4.78 is 11.1. The lowest BCUT2D eigenvalue weighted by Crippen LogP contribution is -2.34. The molecule has 0 unspecified atom stereocenters. The van der Waals surface area contributed by atoms with E-state index in [1.165, 1.54) is 0 Å². The number of para-hydroxylation sites is 2. The van der Waals surface area contributed by atoms with Crippen LogP contribution < -0.4 is 14.8 Å². The molecular weight excluding hydrogens is 358 g/mol. The molecule has 0 saturated heterocycles. The highest BCUT2D eigenvalue weighted by atomic mass is 16.5. The van der Waals surface area contributed by atoms with Gasteiger partial charge >= 0.3 is 5.97 Å². The summed E-state index contributed by atoms with van der Waals surface area (Å²) in [5, 5.41) is 12.0. The van der Waals surface area contributed by atoms with Gasteiger partial charge in [-0.25, -0.2) is 0 Å². The second-order valence-corrected chi connectivity index (χ2v) is 7.00. The predicted octanol–water partition coefficient (Wildman–Crippen LogP) is 3.99. The number of ether oxygens (including phenoxy) is 2. The summed E-state index contributed by atoms with van der Waals surface area (Å²) in [5.74, 6) is 0.835. The third kappa shape index (κ3) is 5.03. The lowest BCUT2D eigenvalue weighted by Gasteiger charge is -2.25. The van der Waals surface area contributed by atoms with Gasteiger partial charge in [0, 0.05) is 12.5 Å². The van der Waals surface area contributed by atoms with Crippen molar-refractivity contribution in [1.29, 1.82) is 0 Å². The second-order valence-electron chi connectivity index (χ2n) is 7.00. The first-order valence-electron chi connectivity index (χ1n) is 9.47. The first-order valence-corrected chi connectivity index (χ1v) is 9.47. The molecule has 0 aromatic heterocycles. The van der Waals surface area contributed by atoms with Gasteiger partial charge in [-0.3, -0.25) is 9.59 Å². The molecular formula is C22H25NO5. The standard InChI is InChI=1S/C22H25NO5/c1-27-19-4-2-3-5-20(19)28-18-12-6-15(7-13-18)14-23-21(24)16-8-10-17(11-9-16)22(25)26/h2-7,12-13,16-17H,8-11,14H2,1H3,(H,23,24)(H,25,26). The largest absolute Gasteiger partial charge is 0.493 e. The Labute approximate surface area is 164 Å². The van der Waals surface area contributed by atoms with Crippen LogP contribution in [0, 0.1) is 11.8 Å². The van der Waals surface area contributed by atoms with E-state index in [-0.39, 0.29) is 17.7 Å². The number of hydrogen-bond acceptors (Lipinski definition) is 4. The molecule has 6 nitrogen and oxygen atoms in total. The van der Waals surface area contributed by atoms with E-state index in [1.807, 2.05) is 48.5 Å². The van der Waals surface area contributed by atoms with Crippen molar-refractivity contribution >= 4 is 11.9 Å². The van der Waals surface area contributed by atoms with Crippen LogP contribution in [0.3, 0.4) is 0 Å². The fourth-order valence-electron chi connectivity index (χ4n) is 3.44. The highest BCUT2D eigenvalue weighted by molar-refractivity contribution is 5.79. The van der Waals surface area contributed by atoms with Gasteiger partial charge in [-0.15, -0.1) is 0 Å². The number of nitrogens with one attached hydrogen (secondary N) is 1. The zero-order valence-electron chi connectivity index (χ0n) is 15.9. The van der Waals surface area contributed by atoms with Gasteiger partial charge in [0.15, 0.2) is 11.5 Å². The molecule has 0 aliphatic heterocycles. The molecule has 28 heavy (non-hydrogen) atoms. The molecule has 1 fully saturated rings. The van der Waals surface area contributed by atoms with E-state index in [9.17, 15) is 9.59 Å². The summed E-state index contributed by atoms with van der Waals surface area (Å²) >= 11 is 0. The van der Waals surface area contributed by atoms with Crippen molar-refractivity contribution < 1.29 is 24.2 Å². The van der Waals surface area contributed by atoms with Crippen molar-refractivity contribution in [2.45, 2.75) is 32.2 Å². The molecule has 0 bridgehead atoms. The topological polar surface area (TPSA) is 84.9 Å². The average Bonchev–Trinajstić information content (AvgIpc) is 2.73. The Bertz CT molecular complexity index is 810. The SMILES string of the molecule is COc1ccccc1Oc1ccc(CNC(=O)C2CCC(C(=O)O)CC2)cc1. The normalized spacial score (nSPS) is 18.9. The molecule has 0 spiro atoms. The lowest BCUT2D eigenvalue weighted by molar-refractivity contribution is -0.144. The maximum atomic E-state index is 12.3. The van der Waals surface area contributed by atoms with E-state index >= 15 is 0 Å². The van der Waals surface area contributed by atoms with Gasteiger partial charge in [0.25, 0.3) is 0 Å². The van der Waals surface area contributed by atoms with Crippen LogP contribution in [-0.4, -0.2) is 24.1 Å². The van der Waals surface area contributed by atoms with Gasteiger partial charge < -0.3 is 19.9 Å². The van der Waals surface area contributed by atoms with Crippen LogP contribution in [0.25, 0.3) is 0 Å². The van der Waals surface area contributed by atoms with Gasteiger partial charge in [-0.05, 0) is 55.5 Å². The molecule has 0 heterocycles.